The molecule has 32 heavy (non-hydrogen) atoms. The number of hydrogen-bond donors (Lipinski definition) is 1. The van der Waals surface area contributed by atoms with Crippen LogP contribution in [0.5, 0.6) is 0 Å². The van der Waals surface area contributed by atoms with E-state index in [-0.39, 0.29) is 29.1 Å². The molecule has 1 heterocycles. The molecule has 1 aliphatic heterocycles. The van der Waals surface area contributed by atoms with Crippen molar-refractivity contribution in [3.8, 4) is 0 Å². The quantitative estimate of drug-likeness (QED) is 0.601. The summed E-state index contributed by atoms with van der Waals surface area (Å²) >= 11 is 12.2. The smallest absolute Gasteiger partial charge is 0.252 e. The topological polar surface area (TPSA) is 69.7 Å². The highest BCUT2D eigenvalue weighted by Crippen LogP contribution is 2.35. The monoisotopic (exact) mass is 523 g/mol. The zero-order valence-electron chi connectivity index (χ0n) is 18.2. The summed E-state index contributed by atoms with van der Waals surface area (Å²) in [5, 5.41) is 3.78. The number of halogens is 3. The minimum Gasteiger partial charge on any atom is -0.350 e. The minimum absolute atomic E-state index is 0. The van der Waals surface area contributed by atoms with E-state index in [1.807, 2.05) is 0 Å². The highest BCUT2D eigenvalue weighted by molar-refractivity contribution is 7.89. The molecule has 6 nitrogen and oxygen atoms in total. The molecular formula is C22H32Cl3N3O3S. The van der Waals surface area contributed by atoms with Crippen molar-refractivity contribution < 1.29 is 13.2 Å². The summed E-state index contributed by atoms with van der Waals surface area (Å²) in [5.41, 5.74) is 0.299. The van der Waals surface area contributed by atoms with E-state index in [2.05, 4.69) is 10.2 Å². The van der Waals surface area contributed by atoms with E-state index >= 15 is 0 Å². The number of amides is 1. The van der Waals surface area contributed by atoms with Gasteiger partial charge in [0.15, 0.2) is 0 Å². The maximum atomic E-state index is 12.8. The molecule has 180 valence electrons. The summed E-state index contributed by atoms with van der Waals surface area (Å²) in [6, 6.07) is 4.90. The molecule has 1 saturated heterocycles. The summed E-state index contributed by atoms with van der Waals surface area (Å²) < 4.78 is 27.3. The highest BCUT2D eigenvalue weighted by Gasteiger charge is 2.43. The minimum atomic E-state index is -3.16. The highest BCUT2D eigenvalue weighted by atomic mass is 35.5. The van der Waals surface area contributed by atoms with Crippen LogP contribution in [0.4, 0.5) is 0 Å². The van der Waals surface area contributed by atoms with Crippen LogP contribution < -0.4 is 5.32 Å². The molecule has 0 radical (unpaired) electrons. The molecule has 3 fully saturated rings. The Balaban J connectivity index is 0.00000289. The van der Waals surface area contributed by atoms with Crippen LogP contribution in [0.1, 0.15) is 61.7 Å². The van der Waals surface area contributed by atoms with Crippen LogP contribution in [-0.4, -0.2) is 67.0 Å². The van der Waals surface area contributed by atoms with Gasteiger partial charge in [-0.3, -0.25) is 9.69 Å². The van der Waals surface area contributed by atoms with Gasteiger partial charge in [0.25, 0.3) is 5.91 Å². The Labute approximate surface area is 207 Å². The number of rotatable bonds is 6. The number of sulfonamides is 1. The van der Waals surface area contributed by atoms with Gasteiger partial charge in [-0.05, 0) is 43.9 Å². The third kappa shape index (κ3) is 5.39. The molecule has 1 N–H and O–H groups in total. The van der Waals surface area contributed by atoms with Crippen molar-refractivity contribution in [2.75, 3.05) is 32.7 Å². The lowest BCUT2D eigenvalue weighted by Crippen LogP contribution is -2.63. The van der Waals surface area contributed by atoms with Gasteiger partial charge < -0.3 is 5.32 Å². The number of piperazine rings is 1. The Morgan fingerprint density at radius 2 is 1.69 bits per heavy atom. The summed E-state index contributed by atoms with van der Waals surface area (Å²) in [4.78, 5) is 15.2. The largest absolute Gasteiger partial charge is 0.350 e. The Bertz CT molecular complexity index is 910. The van der Waals surface area contributed by atoms with Crippen LogP contribution in [0.2, 0.25) is 10.0 Å². The standard InChI is InChI=1S/C22H31Cl2N3O3S.ClH/c23-17-7-8-19(20(24)15-17)21(28)25-16-22(9-2-1-3-10-22)26-11-13-27(14-12-26)31(29,30)18-5-4-6-18;/h7-8,15,18H,1-6,9-14,16H2,(H,25,28);1H. The lowest BCUT2D eigenvalue weighted by molar-refractivity contribution is 0.0237. The van der Waals surface area contributed by atoms with Gasteiger partial charge in [-0.1, -0.05) is 48.9 Å². The molecule has 0 atom stereocenters. The van der Waals surface area contributed by atoms with Crippen molar-refractivity contribution in [2.24, 2.45) is 0 Å². The van der Waals surface area contributed by atoms with Crippen molar-refractivity contribution in [1.82, 2.24) is 14.5 Å². The first kappa shape index (κ1) is 26.0. The molecule has 0 unspecified atom stereocenters. The molecule has 2 aliphatic carbocycles. The third-order valence-electron chi connectivity index (χ3n) is 7.28. The number of nitrogens with zero attached hydrogens (tertiary/aromatic N) is 2. The summed E-state index contributed by atoms with van der Waals surface area (Å²) in [6.07, 6.45) is 8.08. The Morgan fingerprint density at radius 1 is 1.03 bits per heavy atom. The van der Waals surface area contributed by atoms with E-state index < -0.39 is 10.0 Å². The first-order valence-corrected chi connectivity index (χ1v) is 13.6. The fraction of sp³-hybridized carbons (Fsp3) is 0.682. The molecule has 10 heteroatoms. The maximum Gasteiger partial charge on any atom is 0.252 e. The fourth-order valence-corrected chi connectivity index (χ4v) is 7.64. The fourth-order valence-electron chi connectivity index (χ4n) is 5.12. The molecule has 1 aromatic carbocycles. The molecular weight excluding hydrogens is 493 g/mol. The molecule has 1 aromatic rings. The first-order valence-electron chi connectivity index (χ1n) is 11.3. The van der Waals surface area contributed by atoms with Crippen molar-refractivity contribution in [3.63, 3.8) is 0 Å². The van der Waals surface area contributed by atoms with Gasteiger partial charge in [0.2, 0.25) is 10.0 Å². The Morgan fingerprint density at radius 3 is 2.25 bits per heavy atom. The lowest BCUT2D eigenvalue weighted by atomic mass is 9.79. The van der Waals surface area contributed by atoms with E-state index in [4.69, 9.17) is 23.2 Å². The lowest BCUT2D eigenvalue weighted by Gasteiger charge is -2.50. The van der Waals surface area contributed by atoms with Crippen molar-refractivity contribution >= 4 is 51.5 Å². The van der Waals surface area contributed by atoms with Gasteiger partial charge in [0.1, 0.15) is 0 Å². The third-order valence-corrected chi connectivity index (χ3v) is 10.2. The average molecular weight is 525 g/mol. The SMILES string of the molecule is Cl.O=C(NCC1(N2CCN(S(=O)(=O)C3CCC3)CC2)CCCCC1)c1ccc(Cl)cc1Cl. The molecule has 0 spiro atoms. The predicted octanol–water partition coefficient (Wildman–Crippen LogP) is 4.35. The number of hydrogen-bond acceptors (Lipinski definition) is 4. The van der Waals surface area contributed by atoms with Crippen molar-refractivity contribution in [3.05, 3.63) is 33.8 Å². The second-order valence-corrected chi connectivity index (χ2v) is 12.1. The van der Waals surface area contributed by atoms with Crippen LogP contribution in [0.15, 0.2) is 18.2 Å². The van der Waals surface area contributed by atoms with Gasteiger partial charge in [0.05, 0.1) is 15.8 Å². The zero-order chi connectivity index (χ0) is 22.1. The van der Waals surface area contributed by atoms with Gasteiger partial charge in [-0.25, -0.2) is 8.42 Å². The number of carbonyl (C=O) groups excluding carboxylic acids is 1. The predicted molar refractivity (Wildman–Crippen MR) is 132 cm³/mol. The van der Waals surface area contributed by atoms with Crippen LogP contribution in [-0.2, 0) is 10.0 Å². The number of nitrogens with one attached hydrogen (secondary N) is 1. The van der Waals surface area contributed by atoms with Crippen molar-refractivity contribution in [1.29, 1.82) is 0 Å². The Kier molecular flexibility index (Phi) is 8.78. The second kappa shape index (κ2) is 10.8. The Hall–Kier alpha value is -0.570. The van der Waals surface area contributed by atoms with Gasteiger partial charge >= 0.3 is 0 Å². The van der Waals surface area contributed by atoms with E-state index in [0.717, 1.165) is 44.9 Å². The molecule has 2 saturated carbocycles. The summed E-state index contributed by atoms with van der Waals surface area (Å²) in [7, 11) is -3.16. The zero-order valence-corrected chi connectivity index (χ0v) is 21.3. The van der Waals surface area contributed by atoms with Gasteiger partial charge in [0, 0.05) is 43.3 Å². The van der Waals surface area contributed by atoms with Crippen LogP contribution in [0.25, 0.3) is 0 Å². The molecule has 0 aromatic heterocycles. The molecule has 4 rings (SSSR count). The van der Waals surface area contributed by atoms with E-state index in [9.17, 15) is 13.2 Å². The molecule has 1 amide bonds. The van der Waals surface area contributed by atoms with Gasteiger partial charge in [-0.15, -0.1) is 12.4 Å². The van der Waals surface area contributed by atoms with E-state index in [1.165, 1.54) is 6.42 Å². The summed E-state index contributed by atoms with van der Waals surface area (Å²) in [6.45, 7) is 3.04. The van der Waals surface area contributed by atoms with E-state index in [0.29, 0.717) is 48.3 Å². The average Bonchev–Trinajstić information content (AvgIpc) is 2.71. The van der Waals surface area contributed by atoms with E-state index in [1.54, 1.807) is 22.5 Å². The normalized spacial score (nSPS) is 22.6. The number of carbonyl (C=O) groups is 1. The first-order chi connectivity index (χ1) is 14.8. The van der Waals surface area contributed by atoms with Crippen LogP contribution in [0, 0.1) is 0 Å². The molecule has 3 aliphatic rings. The maximum absolute atomic E-state index is 12.8. The van der Waals surface area contributed by atoms with Gasteiger partial charge in [-0.2, -0.15) is 4.31 Å². The summed E-state index contributed by atoms with van der Waals surface area (Å²) in [5.74, 6) is -0.196. The van der Waals surface area contributed by atoms with Crippen molar-refractivity contribution in [2.45, 2.75) is 62.2 Å². The molecule has 0 bridgehead atoms. The number of benzene rings is 1. The second-order valence-electron chi connectivity index (χ2n) is 9.08. The van der Waals surface area contributed by atoms with Crippen LogP contribution in [0.3, 0.4) is 0 Å². The van der Waals surface area contributed by atoms with Crippen LogP contribution >= 0.6 is 35.6 Å².